The van der Waals surface area contributed by atoms with Crippen molar-refractivity contribution in [2.24, 2.45) is 5.73 Å². The molecule has 0 aromatic carbocycles. The lowest BCUT2D eigenvalue weighted by atomic mass is 9.84. The fraction of sp³-hybridized carbons (Fsp3) is 0.136. The largest absolute Gasteiger partial charge is 0.463 e. The van der Waals surface area contributed by atoms with E-state index in [1.54, 1.807) is 56.0 Å². The van der Waals surface area contributed by atoms with Gasteiger partial charge in [-0.2, -0.15) is 5.26 Å². The maximum atomic E-state index is 13.2. The van der Waals surface area contributed by atoms with Crippen molar-refractivity contribution < 1.29 is 9.53 Å². The average Bonchev–Trinajstić information content (AvgIpc) is 3.11. The third kappa shape index (κ3) is 3.53. The van der Waals surface area contributed by atoms with E-state index < -0.39 is 17.4 Å². The van der Waals surface area contributed by atoms with E-state index in [0.29, 0.717) is 14.8 Å². The number of carbonyl (C=O) groups is 1. The number of allylic oxidation sites excluding steroid dienone is 1. The number of hydrogen-bond acceptors (Lipinski definition) is 8. The van der Waals surface area contributed by atoms with Crippen LogP contribution in [0.5, 0.6) is 0 Å². The van der Waals surface area contributed by atoms with Crippen molar-refractivity contribution in [1.29, 1.82) is 5.26 Å². The van der Waals surface area contributed by atoms with E-state index in [9.17, 15) is 14.9 Å². The molecule has 2 N–H and O–H groups in total. The van der Waals surface area contributed by atoms with Crippen LogP contribution >= 0.6 is 11.3 Å². The minimum absolute atomic E-state index is 0.00788. The van der Waals surface area contributed by atoms with E-state index in [1.165, 1.54) is 4.57 Å². The molecule has 3 aromatic rings. The molecule has 1 unspecified atom stereocenters. The lowest BCUT2D eigenvalue weighted by Gasteiger charge is -2.24. The molecule has 0 aliphatic carbocycles. The zero-order valence-corrected chi connectivity index (χ0v) is 17.3. The highest BCUT2D eigenvalue weighted by atomic mass is 32.1. The Hall–Kier alpha value is -4.03. The minimum Gasteiger partial charge on any atom is -0.463 e. The first-order valence-corrected chi connectivity index (χ1v) is 10.2. The maximum absolute atomic E-state index is 13.2. The number of esters is 1. The molecule has 0 amide bonds. The molecule has 1 atom stereocenters. The second kappa shape index (κ2) is 8.38. The van der Waals surface area contributed by atoms with Crippen molar-refractivity contribution in [2.45, 2.75) is 12.8 Å². The summed E-state index contributed by atoms with van der Waals surface area (Å²) in [7, 11) is 0. The summed E-state index contributed by atoms with van der Waals surface area (Å²) in [6.45, 7) is 1.84. The standard InChI is InChI=1S/C22H17N5O3S/c1-2-30-22(29)18-17(14-6-4-8-26-12-14)15(10-23)19(24)27-20(28)16(31-21(18)27)9-13-5-3-7-25-11-13/h3-9,11-12,17H,2,24H2,1H3. The Balaban J connectivity index is 2.10. The van der Waals surface area contributed by atoms with Crippen LogP contribution in [0.2, 0.25) is 0 Å². The molecule has 0 saturated heterocycles. The molecule has 1 aliphatic rings. The summed E-state index contributed by atoms with van der Waals surface area (Å²) in [5.74, 6) is -1.41. The van der Waals surface area contributed by atoms with E-state index in [1.807, 2.05) is 6.07 Å². The lowest BCUT2D eigenvalue weighted by molar-refractivity contribution is -0.136. The zero-order chi connectivity index (χ0) is 22.0. The van der Waals surface area contributed by atoms with Gasteiger partial charge in [-0.25, -0.2) is 4.79 Å². The van der Waals surface area contributed by atoms with Crippen molar-refractivity contribution >= 4 is 34.8 Å². The number of fused-ring (bicyclic) bond motifs is 1. The van der Waals surface area contributed by atoms with Gasteiger partial charge in [0.25, 0.3) is 5.56 Å². The SMILES string of the molecule is CCOC(=O)C1=c2sc(=Cc3cccnc3)c(=O)n2C(N)=C(C#N)C1c1cccnc1. The van der Waals surface area contributed by atoms with Gasteiger partial charge in [-0.3, -0.25) is 19.3 Å². The van der Waals surface area contributed by atoms with Gasteiger partial charge in [0.1, 0.15) is 10.5 Å². The normalized spacial score (nSPS) is 16.1. The first-order valence-electron chi connectivity index (χ1n) is 9.41. The van der Waals surface area contributed by atoms with E-state index in [0.717, 1.165) is 16.9 Å². The molecule has 0 spiro atoms. The Bertz CT molecular complexity index is 1400. The molecular formula is C22H17N5O3S. The summed E-state index contributed by atoms with van der Waals surface area (Å²) in [5, 5.41) is 9.88. The van der Waals surface area contributed by atoms with Crippen molar-refractivity contribution in [3.63, 3.8) is 0 Å². The van der Waals surface area contributed by atoms with Gasteiger partial charge in [0.15, 0.2) is 0 Å². The van der Waals surface area contributed by atoms with Gasteiger partial charge in [-0.05, 0) is 36.3 Å². The number of thiazole rings is 1. The van der Waals surface area contributed by atoms with Crippen molar-refractivity contribution in [3.8, 4) is 6.07 Å². The Morgan fingerprint density at radius 2 is 2.06 bits per heavy atom. The van der Waals surface area contributed by atoms with Crippen molar-refractivity contribution in [1.82, 2.24) is 14.5 Å². The van der Waals surface area contributed by atoms with E-state index >= 15 is 0 Å². The highest BCUT2D eigenvalue weighted by Crippen LogP contribution is 2.36. The number of aromatic nitrogens is 3. The first-order chi connectivity index (χ1) is 15.1. The van der Waals surface area contributed by atoms with Gasteiger partial charge in [-0.1, -0.05) is 12.1 Å². The van der Waals surface area contributed by atoms with Crippen LogP contribution in [0.3, 0.4) is 0 Å². The van der Waals surface area contributed by atoms with Gasteiger partial charge in [0.05, 0.1) is 34.3 Å². The van der Waals surface area contributed by atoms with Gasteiger partial charge in [0, 0.05) is 24.8 Å². The fourth-order valence-electron chi connectivity index (χ4n) is 3.45. The van der Waals surface area contributed by atoms with Gasteiger partial charge in [-0.15, -0.1) is 11.3 Å². The summed E-state index contributed by atoms with van der Waals surface area (Å²) in [6, 6.07) is 9.11. The van der Waals surface area contributed by atoms with Crippen LogP contribution in [-0.4, -0.2) is 27.1 Å². The summed E-state index contributed by atoms with van der Waals surface area (Å²) in [5.41, 5.74) is 7.49. The van der Waals surface area contributed by atoms with Crippen LogP contribution in [0.15, 0.2) is 59.4 Å². The van der Waals surface area contributed by atoms with Crippen LogP contribution in [0.25, 0.3) is 17.5 Å². The molecule has 154 valence electrons. The Morgan fingerprint density at radius 1 is 1.32 bits per heavy atom. The van der Waals surface area contributed by atoms with Gasteiger partial charge >= 0.3 is 5.97 Å². The number of pyridine rings is 2. The zero-order valence-electron chi connectivity index (χ0n) is 16.5. The second-order valence-electron chi connectivity index (χ2n) is 6.61. The molecule has 0 saturated carbocycles. The number of carbonyl (C=O) groups excluding carboxylic acids is 1. The molecule has 0 fully saturated rings. The Labute approximate surface area is 180 Å². The highest BCUT2D eigenvalue weighted by molar-refractivity contribution is 7.07. The topological polar surface area (TPSA) is 124 Å². The molecule has 0 bridgehead atoms. The molecular weight excluding hydrogens is 414 g/mol. The molecule has 9 heteroatoms. The molecule has 4 rings (SSSR count). The summed E-state index contributed by atoms with van der Waals surface area (Å²) in [4.78, 5) is 34.4. The molecule has 8 nitrogen and oxygen atoms in total. The van der Waals surface area contributed by atoms with Crippen LogP contribution in [0.4, 0.5) is 0 Å². The average molecular weight is 431 g/mol. The maximum Gasteiger partial charge on any atom is 0.338 e. The Morgan fingerprint density at radius 3 is 2.68 bits per heavy atom. The molecule has 31 heavy (non-hydrogen) atoms. The highest BCUT2D eigenvalue weighted by Gasteiger charge is 2.36. The number of ether oxygens (including phenoxy) is 1. The third-order valence-corrected chi connectivity index (χ3v) is 5.87. The van der Waals surface area contributed by atoms with Crippen LogP contribution in [0.1, 0.15) is 24.0 Å². The lowest BCUT2D eigenvalue weighted by Crippen LogP contribution is -2.40. The van der Waals surface area contributed by atoms with E-state index in [2.05, 4.69) is 16.0 Å². The smallest absolute Gasteiger partial charge is 0.338 e. The van der Waals surface area contributed by atoms with Crippen LogP contribution < -0.4 is 20.5 Å². The number of nitriles is 1. The van der Waals surface area contributed by atoms with Gasteiger partial charge < -0.3 is 10.5 Å². The van der Waals surface area contributed by atoms with Crippen molar-refractivity contribution in [2.75, 3.05) is 6.61 Å². The predicted molar refractivity (Wildman–Crippen MR) is 116 cm³/mol. The number of nitrogens with zero attached hydrogens (tertiary/aromatic N) is 4. The van der Waals surface area contributed by atoms with Gasteiger partial charge in [0.2, 0.25) is 0 Å². The fourth-order valence-corrected chi connectivity index (χ4v) is 4.61. The minimum atomic E-state index is -0.790. The quantitative estimate of drug-likeness (QED) is 0.603. The number of rotatable bonds is 4. The summed E-state index contributed by atoms with van der Waals surface area (Å²) < 4.78 is 7.20. The molecule has 3 aromatic heterocycles. The predicted octanol–water partition coefficient (Wildman–Crippen LogP) is 0.691. The second-order valence-corrected chi connectivity index (χ2v) is 7.64. The van der Waals surface area contributed by atoms with Crippen LogP contribution in [-0.2, 0) is 9.53 Å². The number of hydrogen-bond donors (Lipinski definition) is 1. The monoisotopic (exact) mass is 431 g/mol. The Kier molecular flexibility index (Phi) is 5.47. The van der Waals surface area contributed by atoms with Crippen molar-refractivity contribution in [3.05, 3.63) is 85.3 Å². The van der Waals surface area contributed by atoms with Crippen LogP contribution in [0, 0.1) is 11.3 Å². The summed E-state index contributed by atoms with van der Waals surface area (Å²) in [6.07, 6.45) is 8.09. The molecule has 4 heterocycles. The van der Waals surface area contributed by atoms with E-state index in [4.69, 9.17) is 10.5 Å². The molecule has 1 aliphatic heterocycles. The molecule has 0 radical (unpaired) electrons. The summed E-state index contributed by atoms with van der Waals surface area (Å²) >= 11 is 1.12. The number of nitrogens with two attached hydrogens (primary N) is 1. The third-order valence-electron chi connectivity index (χ3n) is 4.76. The first kappa shape index (κ1) is 20.3. The van der Waals surface area contributed by atoms with E-state index in [-0.39, 0.29) is 23.6 Å².